The molecule has 4 rings (SSSR count). The molecule has 5 heteroatoms. The third-order valence-corrected chi connectivity index (χ3v) is 5.94. The first-order valence-electron chi connectivity index (χ1n) is 8.36. The Morgan fingerprint density at radius 3 is 3.00 bits per heavy atom. The van der Waals surface area contributed by atoms with Crippen LogP contribution in [-0.2, 0) is 24.2 Å². The zero-order valence-corrected chi connectivity index (χ0v) is 14.8. The van der Waals surface area contributed by atoms with E-state index in [0.29, 0.717) is 12.1 Å². The fraction of sp³-hybridized carbons (Fsp3) is 0.250. The Morgan fingerprint density at radius 1 is 1.32 bits per heavy atom. The highest BCUT2D eigenvalue weighted by atomic mass is 32.1. The van der Waals surface area contributed by atoms with Crippen LogP contribution in [0, 0.1) is 0 Å². The molecule has 0 fully saturated rings. The van der Waals surface area contributed by atoms with Gasteiger partial charge < -0.3 is 14.7 Å². The summed E-state index contributed by atoms with van der Waals surface area (Å²) >= 11 is 1.81. The second-order valence-electron chi connectivity index (χ2n) is 6.42. The van der Waals surface area contributed by atoms with Crippen LogP contribution in [0.3, 0.4) is 0 Å². The Balaban J connectivity index is 1.75. The molecule has 2 heterocycles. The molecular weight excluding hydrogens is 334 g/mol. The van der Waals surface area contributed by atoms with Gasteiger partial charge in [-0.25, -0.2) is 4.79 Å². The average Bonchev–Trinajstić information content (AvgIpc) is 3.11. The van der Waals surface area contributed by atoms with Gasteiger partial charge in [-0.15, -0.1) is 11.3 Å². The zero-order chi connectivity index (χ0) is 17.4. The number of methoxy groups -OCH3 is 1. The largest absolute Gasteiger partial charge is 0.872 e. The van der Waals surface area contributed by atoms with Crippen molar-refractivity contribution in [3.63, 3.8) is 0 Å². The van der Waals surface area contributed by atoms with E-state index < -0.39 is 5.97 Å². The van der Waals surface area contributed by atoms with Gasteiger partial charge in [-0.05, 0) is 28.3 Å². The van der Waals surface area contributed by atoms with Gasteiger partial charge >= 0.3 is 5.97 Å². The van der Waals surface area contributed by atoms with Gasteiger partial charge in [0, 0.05) is 22.4 Å². The average molecular weight is 353 g/mol. The van der Waals surface area contributed by atoms with Gasteiger partial charge in [-0.1, -0.05) is 30.0 Å². The van der Waals surface area contributed by atoms with Crippen LogP contribution in [0.5, 0.6) is 5.75 Å². The number of quaternary nitrogens is 1. The first-order valence-corrected chi connectivity index (χ1v) is 9.24. The molecular formula is C20H19NO3S. The number of thiophene rings is 1. The third-order valence-electron chi connectivity index (χ3n) is 4.92. The number of nitrogens with one attached hydrogen (secondary N) is 1. The summed E-state index contributed by atoms with van der Waals surface area (Å²) in [4.78, 5) is 14.8. The number of fused-ring (bicyclic) bond motifs is 2. The Hall–Kier alpha value is -2.37. The lowest BCUT2D eigenvalue weighted by molar-refractivity contribution is -0.929. The van der Waals surface area contributed by atoms with Gasteiger partial charge in [0.2, 0.25) is 0 Å². The van der Waals surface area contributed by atoms with Gasteiger partial charge in [0.25, 0.3) is 0 Å². The summed E-state index contributed by atoms with van der Waals surface area (Å²) in [5.41, 5.74) is 2.23. The minimum absolute atomic E-state index is 0.129. The summed E-state index contributed by atoms with van der Waals surface area (Å²) in [5.74, 6) is -0.764. The summed E-state index contributed by atoms with van der Waals surface area (Å²) in [5, 5.41) is 16.9. The van der Waals surface area contributed by atoms with Crippen molar-refractivity contribution in [3.8, 4) is 5.75 Å². The number of ether oxygens (including phenoxy) is 1. The number of rotatable bonds is 3. The highest BCUT2D eigenvalue weighted by Gasteiger charge is 2.22. The molecule has 25 heavy (non-hydrogen) atoms. The molecule has 128 valence electrons. The topological polar surface area (TPSA) is 53.8 Å². The minimum Gasteiger partial charge on any atom is -0.872 e. The predicted octanol–water partition coefficient (Wildman–Crippen LogP) is 1.90. The number of esters is 1. The Labute approximate surface area is 150 Å². The van der Waals surface area contributed by atoms with E-state index in [9.17, 15) is 9.90 Å². The summed E-state index contributed by atoms with van der Waals surface area (Å²) < 4.78 is 4.80. The van der Waals surface area contributed by atoms with Crippen molar-refractivity contribution in [3.05, 3.63) is 63.3 Å². The maximum atomic E-state index is 12.9. The van der Waals surface area contributed by atoms with Crippen LogP contribution in [0.25, 0.3) is 10.8 Å². The highest BCUT2D eigenvalue weighted by molar-refractivity contribution is 7.10. The molecule has 0 spiro atoms. The van der Waals surface area contributed by atoms with E-state index in [-0.39, 0.29) is 11.3 Å². The molecule has 0 amide bonds. The molecule has 0 saturated carbocycles. The van der Waals surface area contributed by atoms with E-state index >= 15 is 0 Å². The van der Waals surface area contributed by atoms with E-state index in [2.05, 4.69) is 11.4 Å². The molecule has 2 aromatic carbocycles. The van der Waals surface area contributed by atoms with E-state index in [1.165, 1.54) is 22.5 Å². The van der Waals surface area contributed by atoms with Crippen molar-refractivity contribution in [2.24, 2.45) is 0 Å². The lowest BCUT2D eigenvalue weighted by Crippen LogP contribution is -3.10. The SMILES string of the molecule is COC(=O)c1cc2ccccc2c(C[NH+]2CCc3sccc3C2)c1[O-]. The van der Waals surface area contributed by atoms with Crippen LogP contribution in [0.4, 0.5) is 0 Å². The van der Waals surface area contributed by atoms with Crippen LogP contribution >= 0.6 is 11.3 Å². The van der Waals surface area contributed by atoms with E-state index in [0.717, 1.165) is 30.3 Å². The standard InChI is InChI=1S/C20H19NO3S/c1-24-20(23)16-10-13-4-2-3-5-15(13)17(19(16)22)12-21-8-6-18-14(11-21)7-9-25-18/h2-5,7,9-10,22H,6,8,11-12H2,1H3. The van der Waals surface area contributed by atoms with Gasteiger partial charge in [-0.3, -0.25) is 0 Å². The highest BCUT2D eigenvalue weighted by Crippen LogP contribution is 2.30. The van der Waals surface area contributed by atoms with E-state index in [1.807, 2.05) is 35.6 Å². The zero-order valence-electron chi connectivity index (χ0n) is 14.0. The van der Waals surface area contributed by atoms with E-state index in [1.54, 1.807) is 6.07 Å². The second kappa shape index (κ2) is 6.50. The molecule has 1 atom stereocenters. The lowest BCUT2D eigenvalue weighted by atomic mass is 9.98. The molecule has 1 N–H and O–H groups in total. The number of benzene rings is 2. The van der Waals surface area contributed by atoms with Crippen molar-refractivity contribution >= 4 is 28.1 Å². The first kappa shape index (κ1) is 16.1. The number of hydrogen-bond donors (Lipinski definition) is 1. The molecule has 3 aromatic rings. The summed E-state index contributed by atoms with van der Waals surface area (Å²) in [6.07, 6.45) is 1.05. The van der Waals surface area contributed by atoms with Gasteiger partial charge in [-0.2, -0.15) is 0 Å². The Bertz CT molecular complexity index is 947. The smallest absolute Gasteiger partial charge is 0.337 e. The monoisotopic (exact) mass is 353 g/mol. The number of hydrogen-bond acceptors (Lipinski definition) is 4. The van der Waals surface area contributed by atoms with Crippen molar-refractivity contribution in [2.75, 3.05) is 13.7 Å². The van der Waals surface area contributed by atoms with Crippen LogP contribution in [0.15, 0.2) is 41.8 Å². The van der Waals surface area contributed by atoms with Gasteiger partial charge in [0.15, 0.2) is 0 Å². The molecule has 0 bridgehead atoms. The summed E-state index contributed by atoms with van der Waals surface area (Å²) in [7, 11) is 1.31. The first-order chi connectivity index (χ1) is 12.2. The quantitative estimate of drug-likeness (QED) is 0.732. The predicted molar refractivity (Wildman–Crippen MR) is 96.0 cm³/mol. The lowest BCUT2D eigenvalue weighted by Gasteiger charge is -2.27. The minimum atomic E-state index is -0.564. The Morgan fingerprint density at radius 2 is 2.16 bits per heavy atom. The van der Waals surface area contributed by atoms with Crippen molar-refractivity contribution in [2.45, 2.75) is 19.5 Å². The maximum absolute atomic E-state index is 12.9. The molecule has 4 nitrogen and oxygen atoms in total. The molecule has 0 radical (unpaired) electrons. The normalized spacial score (nSPS) is 16.6. The van der Waals surface area contributed by atoms with Crippen molar-refractivity contribution in [1.82, 2.24) is 0 Å². The third kappa shape index (κ3) is 2.90. The van der Waals surface area contributed by atoms with Crippen molar-refractivity contribution < 1.29 is 19.5 Å². The number of carbonyl (C=O) groups is 1. The fourth-order valence-corrected chi connectivity index (χ4v) is 4.54. The van der Waals surface area contributed by atoms with Crippen LogP contribution < -0.4 is 10.0 Å². The molecule has 1 aromatic heterocycles. The summed E-state index contributed by atoms with van der Waals surface area (Å²) in [6, 6.07) is 11.6. The van der Waals surface area contributed by atoms with Crippen LogP contribution in [0.2, 0.25) is 0 Å². The summed E-state index contributed by atoms with van der Waals surface area (Å²) in [6.45, 7) is 2.55. The Kier molecular flexibility index (Phi) is 4.19. The van der Waals surface area contributed by atoms with Crippen LogP contribution in [-0.4, -0.2) is 19.6 Å². The van der Waals surface area contributed by atoms with Crippen molar-refractivity contribution in [1.29, 1.82) is 0 Å². The number of carbonyl (C=O) groups excluding carboxylic acids is 1. The van der Waals surface area contributed by atoms with E-state index in [4.69, 9.17) is 4.74 Å². The molecule has 1 aliphatic heterocycles. The van der Waals surface area contributed by atoms with Gasteiger partial charge in [0.1, 0.15) is 13.1 Å². The fourth-order valence-electron chi connectivity index (χ4n) is 3.63. The van der Waals surface area contributed by atoms with Gasteiger partial charge in [0.05, 0.1) is 19.2 Å². The molecule has 1 aliphatic rings. The molecule has 0 aliphatic carbocycles. The molecule has 1 unspecified atom stereocenters. The second-order valence-corrected chi connectivity index (χ2v) is 7.42. The molecule has 0 saturated heterocycles. The maximum Gasteiger partial charge on any atom is 0.337 e. The van der Waals surface area contributed by atoms with Crippen LogP contribution in [0.1, 0.15) is 26.4 Å².